The molecule has 7 heteroatoms. The van der Waals surface area contributed by atoms with Crippen molar-refractivity contribution in [2.24, 2.45) is 5.92 Å². The molecule has 0 N–H and O–H groups in total. The smallest absolute Gasteiger partial charge is 0.227 e. The molecule has 2 aliphatic rings. The minimum absolute atomic E-state index is 0.268. The predicted molar refractivity (Wildman–Crippen MR) is 99.3 cm³/mol. The summed E-state index contributed by atoms with van der Waals surface area (Å²) in [4.78, 5) is 9.11. The monoisotopic (exact) mass is 368 g/mol. The predicted octanol–water partition coefficient (Wildman–Crippen LogP) is 2.00. The van der Waals surface area contributed by atoms with Crippen molar-refractivity contribution in [1.29, 1.82) is 0 Å². The number of nitrogens with zero attached hydrogens (tertiary/aromatic N) is 4. The SMILES string of the molecule is CCCCn1c(CN2CCN(C)CC2)cnc1S(=O)(=O)CC1CCC1. The molecule has 3 rings (SSSR count). The molecule has 0 spiro atoms. The van der Waals surface area contributed by atoms with Gasteiger partial charge in [0.25, 0.3) is 0 Å². The highest BCUT2D eigenvalue weighted by Crippen LogP contribution is 2.30. The molecule has 1 aromatic heterocycles. The highest BCUT2D eigenvalue weighted by atomic mass is 32.2. The van der Waals surface area contributed by atoms with Gasteiger partial charge in [-0.15, -0.1) is 0 Å². The minimum atomic E-state index is -3.29. The number of hydrogen-bond acceptors (Lipinski definition) is 5. The Morgan fingerprint density at radius 1 is 1.20 bits per heavy atom. The average Bonchev–Trinajstić information content (AvgIpc) is 2.95. The van der Waals surface area contributed by atoms with Crippen LogP contribution >= 0.6 is 0 Å². The van der Waals surface area contributed by atoms with Gasteiger partial charge in [-0.3, -0.25) is 4.90 Å². The number of aromatic nitrogens is 2. The zero-order chi connectivity index (χ0) is 17.9. The van der Waals surface area contributed by atoms with Crippen LogP contribution in [0.3, 0.4) is 0 Å². The second-order valence-electron chi connectivity index (χ2n) is 7.70. The van der Waals surface area contributed by atoms with Gasteiger partial charge in [-0.2, -0.15) is 0 Å². The number of unbranched alkanes of at least 4 members (excludes halogenated alkanes) is 1. The van der Waals surface area contributed by atoms with Crippen LogP contribution in [0.4, 0.5) is 0 Å². The molecule has 142 valence electrons. The van der Waals surface area contributed by atoms with Crippen molar-refractivity contribution in [3.8, 4) is 0 Å². The van der Waals surface area contributed by atoms with Gasteiger partial charge >= 0.3 is 0 Å². The van der Waals surface area contributed by atoms with Gasteiger partial charge in [0.15, 0.2) is 0 Å². The zero-order valence-electron chi connectivity index (χ0n) is 15.7. The third kappa shape index (κ3) is 4.63. The molecular formula is C18H32N4O2S. The Bertz CT molecular complexity index is 659. The molecule has 2 heterocycles. The summed E-state index contributed by atoms with van der Waals surface area (Å²) in [5.74, 6) is 0.604. The van der Waals surface area contributed by atoms with E-state index in [0.29, 0.717) is 11.1 Å². The van der Waals surface area contributed by atoms with E-state index in [2.05, 4.69) is 28.8 Å². The Kier molecular flexibility index (Phi) is 6.17. The molecular weight excluding hydrogens is 336 g/mol. The van der Waals surface area contributed by atoms with Crippen LogP contribution in [-0.2, 0) is 22.9 Å². The standard InChI is InChI=1S/C18H32N4O2S/c1-3-4-8-22-17(14-21-11-9-20(2)10-12-21)13-19-18(22)25(23,24)15-16-6-5-7-16/h13,16H,3-12,14-15H2,1-2H3. The quantitative estimate of drug-likeness (QED) is 0.702. The number of sulfone groups is 1. The molecule has 0 aromatic carbocycles. The Hall–Kier alpha value is -0.920. The summed E-state index contributed by atoms with van der Waals surface area (Å²) < 4.78 is 27.7. The zero-order valence-corrected chi connectivity index (χ0v) is 16.5. The number of hydrogen-bond donors (Lipinski definition) is 0. The molecule has 0 unspecified atom stereocenters. The highest BCUT2D eigenvalue weighted by molar-refractivity contribution is 7.91. The normalized spacial score (nSPS) is 20.7. The first-order chi connectivity index (χ1) is 12.0. The average molecular weight is 369 g/mol. The summed E-state index contributed by atoms with van der Waals surface area (Å²) in [6.45, 7) is 7.87. The van der Waals surface area contributed by atoms with Crippen molar-refractivity contribution in [2.45, 2.75) is 57.3 Å². The minimum Gasteiger partial charge on any atom is -0.318 e. The number of likely N-dealkylation sites (N-methyl/N-ethyl adjacent to an activating group) is 1. The van der Waals surface area contributed by atoms with Gasteiger partial charge < -0.3 is 9.47 Å². The topological polar surface area (TPSA) is 58.4 Å². The first-order valence-corrected chi connectivity index (χ1v) is 11.3. The summed E-state index contributed by atoms with van der Waals surface area (Å²) in [7, 11) is -1.14. The van der Waals surface area contributed by atoms with Crippen molar-refractivity contribution in [1.82, 2.24) is 19.4 Å². The molecule has 1 aromatic rings. The van der Waals surface area contributed by atoms with E-state index in [9.17, 15) is 8.42 Å². The fourth-order valence-corrected chi connectivity index (χ4v) is 5.46. The van der Waals surface area contributed by atoms with E-state index in [1.165, 1.54) is 6.42 Å². The Morgan fingerprint density at radius 2 is 1.92 bits per heavy atom. The fourth-order valence-electron chi connectivity index (χ4n) is 3.60. The van der Waals surface area contributed by atoms with E-state index in [1.807, 2.05) is 4.57 Å². The van der Waals surface area contributed by atoms with Crippen LogP contribution in [-0.4, -0.2) is 66.7 Å². The van der Waals surface area contributed by atoms with Crippen LogP contribution in [0.2, 0.25) is 0 Å². The summed E-state index contributed by atoms with van der Waals surface area (Å²) >= 11 is 0. The molecule has 1 saturated carbocycles. The first kappa shape index (κ1) is 18.9. The molecule has 2 fully saturated rings. The molecule has 1 aliphatic carbocycles. The van der Waals surface area contributed by atoms with Crippen molar-refractivity contribution >= 4 is 9.84 Å². The lowest BCUT2D eigenvalue weighted by atomic mass is 9.87. The third-order valence-corrected chi connectivity index (χ3v) is 7.37. The van der Waals surface area contributed by atoms with E-state index in [4.69, 9.17) is 0 Å². The van der Waals surface area contributed by atoms with Gasteiger partial charge in [-0.05, 0) is 32.2 Å². The van der Waals surface area contributed by atoms with Gasteiger partial charge in [0, 0.05) is 39.3 Å². The van der Waals surface area contributed by atoms with Crippen molar-refractivity contribution in [2.75, 3.05) is 39.0 Å². The van der Waals surface area contributed by atoms with Crippen molar-refractivity contribution < 1.29 is 8.42 Å². The van der Waals surface area contributed by atoms with E-state index in [-0.39, 0.29) is 5.75 Å². The number of piperazine rings is 1. The largest absolute Gasteiger partial charge is 0.318 e. The Morgan fingerprint density at radius 3 is 2.52 bits per heavy atom. The highest BCUT2D eigenvalue weighted by Gasteiger charge is 2.30. The van der Waals surface area contributed by atoms with Gasteiger partial charge in [-0.1, -0.05) is 19.8 Å². The molecule has 0 atom stereocenters. The van der Waals surface area contributed by atoms with E-state index < -0.39 is 9.84 Å². The van der Waals surface area contributed by atoms with Crippen LogP contribution in [0.1, 0.15) is 44.7 Å². The number of imidazole rings is 1. The summed E-state index contributed by atoms with van der Waals surface area (Å²) in [5.41, 5.74) is 1.05. The maximum Gasteiger partial charge on any atom is 0.227 e. The van der Waals surface area contributed by atoms with Crippen LogP contribution in [0, 0.1) is 5.92 Å². The second kappa shape index (κ2) is 8.18. The molecule has 1 saturated heterocycles. The number of rotatable bonds is 8. The molecule has 25 heavy (non-hydrogen) atoms. The van der Waals surface area contributed by atoms with Crippen LogP contribution in [0.15, 0.2) is 11.4 Å². The lowest BCUT2D eigenvalue weighted by Gasteiger charge is -2.32. The van der Waals surface area contributed by atoms with E-state index in [1.54, 1.807) is 6.20 Å². The van der Waals surface area contributed by atoms with Crippen LogP contribution in [0.25, 0.3) is 0 Å². The maximum atomic E-state index is 12.9. The fraction of sp³-hybridized carbons (Fsp3) is 0.833. The summed E-state index contributed by atoms with van der Waals surface area (Å²) in [5, 5.41) is 0.303. The van der Waals surface area contributed by atoms with Crippen molar-refractivity contribution in [3.63, 3.8) is 0 Å². The molecule has 0 radical (unpaired) electrons. The second-order valence-corrected chi connectivity index (χ2v) is 9.62. The van der Waals surface area contributed by atoms with Crippen molar-refractivity contribution in [3.05, 3.63) is 11.9 Å². The molecule has 0 bridgehead atoms. The lowest BCUT2D eigenvalue weighted by molar-refractivity contribution is 0.145. The Labute approximate surface area is 152 Å². The summed E-state index contributed by atoms with van der Waals surface area (Å²) in [6, 6.07) is 0. The maximum absolute atomic E-state index is 12.9. The molecule has 1 aliphatic heterocycles. The molecule has 0 amide bonds. The van der Waals surface area contributed by atoms with Gasteiger partial charge in [0.2, 0.25) is 15.0 Å². The van der Waals surface area contributed by atoms with Crippen LogP contribution < -0.4 is 0 Å². The van der Waals surface area contributed by atoms with E-state index >= 15 is 0 Å². The van der Waals surface area contributed by atoms with Crippen LogP contribution in [0.5, 0.6) is 0 Å². The van der Waals surface area contributed by atoms with E-state index in [0.717, 1.165) is 70.6 Å². The van der Waals surface area contributed by atoms with Gasteiger partial charge in [0.1, 0.15) is 0 Å². The third-order valence-electron chi connectivity index (χ3n) is 5.58. The van der Waals surface area contributed by atoms with Gasteiger partial charge in [0.05, 0.1) is 17.6 Å². The summed E-state index contributed by atoms with van der Waals surface area (Å²) in [6.07, 6.45) is 7.08. The Balaban J connectivity index is 1.77. The lowest BCUT2D eigenvalue weighted by Crippen LogP contribution is -2.44. The van der Waals surface area contributed by atoms with Gasteiger partial charge in [-0.25, -0.2) is 13.4 Å². The first-order valence-electron chi connectivity index (χ1n) is 9.67. The molecule has 6 nitrogen and oxygen atoms in total.